The maximum Gasteiger partial charge on any atom is 0.417 e. The van der Waals surface area contributed by atoms with Crippen molar-refractivity contribution in [2.24, 2.45) is 0 Å². The summed E-state index contributed by atoms with van der Waals surface area (Å²) in [5.41, 5.74) is -0.152. The zero-order valence-corrected chi connectivity index (χ0v) is 11.8. The minimum absolute atomic E-state index is 0.102. The molecule has 11 heteroatoms. The first kappa shape index (κ1) is 15.1. The topological polar surface area (TPSA) is 101 Å². The van der Waals surface area contributed by atoms with Crippen LogP contribution in [0.4, 0.5) is 23.1 Å². The highest BCUT2D eigenvalue weighted by Crippen LogP contribution is 2.30. The lowest BCUT2D eigenvalue weighted by Gasteiger charge is -2.06. The van der Waals surface area contributed by atoms with Crippen molar-refractivity contribution >= 4 is 33.0 Å². The second-order valence-electron chi connectivity index (χ2n) is 4.26. The number of hydrogen-bond acceptors (Lipinski definition) is 6. The molecule has 0 radical (unpaired) electrons. The molecule has 0 aromatic carbocycles. The molecule has 3 heterocycles. The van der Waals surface area contributed by atoms with Crippen LogP contribution in [0.3, 0.4) is 0 Å². The van der Waals surface area contributed by atoms with E-state index in [1.54, 1.807) is 0 Å². The molecule has 0 aliphatic carbocycles. The van der Waals surface area contributed by atoms with Crippen LogP contribution in [0, 0.1) is 0 Å². The van der Waals surface area contributed by atoms with Crippen LogP contribution >= 0.6 is 11.3 Å². The molecule has 0 saturated carbocycles. The van der Waals surface area contributed by atoms with Gasteiger partial charge in [0.2, 0.25) is 0 Å². The molecule has 0 unspecified atom stereocenters. The van der Waals surface area contributed by atoms with Gasteiger partial charge in [0.05, 0.1) is 17.5 Å². The lowest BCUT2D eigenvalue weighted by molar-refractivity contribution is -0.137. The molecule has 2 N–H and O–H groups in total. The van der Waals surface area contributed by atoms with Crippen LogP contribution in [0.2, 0.25) is 0 Å². The molecule has 0 saturated heterocycles. The van der Waals surface area contributed by atoms with Crippen LogP contribution in [0.25, 0.3) is 21.9 Å². The highest BCUT2D eigenvalue weighted by atomic mass is 32.1. The van der Waals surface area contributed by atoms with E-state index in [0.29, 0.717) is 11.0 Å². The Morgan fingerprint density at radius 2 is 1.91 bits per heavy atom. The normalized spacial score (nSPS) is 11.6. The molecular weight excluding hydrogens is 335 g/mol. The molecule has 3 rings (SSSR count). The van der Waals surface area contributed by atoms with Crippen molar-refractivity contribution in [3.8, 4) is 11.4 Å². The molecule has 3 aromatic heterocycles. The van der Waals surface area contributed by atoms with Crippen LogP contribution in [-0.2, 0) is 6.18 Å². The monoisotopic (exact) mass is 341 g/mol. The first-order valence-corrected chi connectivity index (χ1v) is 6.82. The van der Waals surface area contributed by atoms with Gasteiger partial charge in [-0.2, -0.15) is 18.2 Å². The molecule has 3 aromatic rings. The number of aromatic nitrogens is 4. The largest absolute Gasteiger partial charge is 0.465 e. The number of amides is 1. The van der Waals surface area contributed by atoms with E-state index in [2.05, 4.69) is 25.3 Å². The van der Waals surface area contributed by atoms with Gasteiger partial charge in [0, 0.05) is 6.20 Å². The Morgan fingerprint density at radius 1 is 1.13 bits per heavy atom. The average Bonchev–Trinajstić information content (AvgIpc) is 2.86. The van der Waals surface area contributed by atoms with Gasteiger partial charge < -0.3 is 5.11 Å². The molecule has 7 nitrogen and oxygen atoms in total. The average molecular weight is 341 g/mol. The number of halogens is 3. The van der Waals surface area contributed by atoms with Gasteiger partial charge in [-0.1, -0.05) is 11.3 Å². The zero-order chi connectivity index (χ0) is 16.6. The Hall–Kier alpha value is -2.82. The van der Waals surface area contributed by atoms with Crippen molar-refractivity contribution in [3.05, 3.63) is 30.1 Å². The van der Waals surface area contributed by atoms with E-state index < -0.39 is 17.8 Å². The maximum atomic E-state index is 12.5. The number of nitrogens with one attached hydrogen (secondary N) is 1. The molecule has 118 valence electrons. The van der Waals surface area contributed by atoms with Crippen molar-refractivity contribution in [1.82, 2.24) is 19.9 Å². The third-order valence-electron chi connectivity index (χ3n) is 2.69. The fourth-order valence-corrected chi connectivity index (χ4v) is 2.49. The molecule has 23 heavy (non-hydrogen) atoms. The van der Waals surface area contributed by atoms with E-state index in [-0.39, 0.29) is 22.2 Å². The molecule has 0 aliphatic heterocycles. The minimum Gasteiger partial charge on any atom is -0.465 e. The van der Waals surface area contributed by atoms with Crippen molar-refractivity contribution in [2.45, 2.75) is 6.18 Å². The predicted octanol–water partition coefficient (Wildman–Crippen LogP) is 3.26. The van der Waals surface area contributed by atoms with Crippen LogP contribution in [0.15, 0.2) is 24.5 Å². The summed E-state index contributed by atoms with van der Waals surface area (Å²) in [6.45, 7) is 0. The number of anilines is 1. The highest BCUT2D eigenvalue weighted by Gasteiger charge is 2.30. The fourth-order valence-electron chi connectivity index (χ4n) is 1.70. The van der Waals surface area contributed by atoms with E-state index in [1.807, 2.05) is 0 Å². The summed E-state index contributed by atoms with van der Waals surface area (Å²) in [5, 5.41) is 10.8. The Labute approximate surface area is 129 Å². The summed E-state index contributed by atoms with van der Waals surface area (Å²) >= 11 is 0.957. The quantitative estimate of drug-likeness (QED) is 0.742. The van der Waals surface area contributed by atoms with Crippen molar-refractivity contribution in [1.29, 1.82) is 0 Å². The lowest BCUT2D eigenvalue weighted by Crippen LogP contribution is -2.06. The van der Waals surface area contributed by atoms with Crippen molar-refractivity contribution in [2.75, 3.05) is 5.32 Å². The number of rotatable bonds is 2. The predicted molar refractivity (Wildman–Crippen MR) is 75.1 cm³/mol. The number of hydrogen-bond donors (Lipinski definition) is 2. The van der Waals surface area contributed by atoms with Gasteiger partial charge in [0.1, 0.15) is 5.69 Å². The summed E-state index contributed by atoms with van der Waals surface area (Å²) in [6.07, 6.45) is -3.71. The van der Waals surface area contributed by atoms with E-state index in [1.165, 1.54) is 12.3 Å². The summed E-state index contributed by atoms with van der Waals surface area (Å²) in [4.78, 5) is 26.7. The molecule has 0 aliphatic rings. The van der Waals surface area contributed by atoms with Gasteiger partial charge in [-0.15, -0.1) is 0 Å². The molecule has 0 fully saturated rings. The third kappa shape index (κ3) is 3.18. The van der Waals surface area contributed by atoms with Crippen molar-refractivity contribution < 1.29 is 23.1 Å². The summed E-state index contributed by atoms with van der Waals surface area (Å²) in [5.74, 6) is 0. The van der Waals surface area contributed by atoms with Crippen LogP contribution in [0.1, 0.15) is 5.56 Å². The first-order chi connectivity index (χ1) is 10.8. The first-order valence-electron chi connectivity index (χ1n) is 6.00. The molecule has 1 amide bonds. The van der Waals surface area contributed by atoms with Crippen molar-refractivity contribution in [3.63, 3.8) is 0 Å². The fraction of sp³-hybridized carbons (Fsp3) is 0.0833. The maximum absolute atomic E-state index is 12.5. The Balaban J connectivity index is 1.95. The third-order valence-corrected chi connectivity index (χ3v) is 3.54. The second-order valence-corrected chi connectivity index (χ2v) is 5.24. The highest BCUT2D eigenvalue weighted by molar-refractivity contribution is 7.21. The van der Waals surface area contributed by atoms with Gasteiger partial charge in [0.25, 0.3) is 0 Å². The molecule has 0 bridgehead atoms. The second kappa shape index (κ2) is 5.43. The molecule has 0 spiro atoms. The standard InChI is InChI=1S/C12H6F3N5O2S/c13-12(14,15)5-1-2-6(16-3-5)7-4-17-8-9(18-7)23-10(19-8)20-11(21)22/h1-4H,(H,21,22)(H,17,19,20). The number of carbonyl (C=O) groups is 1. The molecular formula is C12H6F3N5O2S. The van der Waals surface area contributed by atoms with Crippen LogP contribution < -0.4 is 5.32 Å². The number of fused-ring (bicyclic) bond motifs is 1. The SMILES string of the molecule is O=C(O)Nc1nc2ncc(-c3ccc(C(F)(F)F)cn3)nc2s1. The van der Waals surface area contributed by atoms with E-state index >= 15 is 0 Å². The van der Waals surface area contributed by atoms with Crippen LogP contribution in [0.5, 0.6) is 0 Å². The number of thiazole rings is 1. The van der Waals surface area contributed by atoms with Gasteiger partial charge in [-0.3, -0.25) is 10.3 Å². The number of pyridine rings is 1. The Kier molecular flexibility index (Phi) is 3.56. The van der Waals surface area contributed by atoms with E-state index in [0.717, 1.165) is 17.4 Å². The number of carboxylic acid groups (broad SMARTS) is 1. The Bertz CT molecular complexity index is 879. The smallest absolute Gasteiger partial charge is 0.417 e. The van der Waals surface area contributed by atoms with Gasteiger partial charge in [-0.25, -0.2) is 14.8 Å². The zero-order valence-electron chi connectivity index (χ0n) is 11.0. The van der Waals surface area contributed by atoms with Crippen LogP contribution in [-0.4, -0.2) is 31.1 Å². The van der Waals surface area contributed by atoms with E-state index in [9.17, 15) is 18.0 Å². The minimum atomic E-state index is -4.46. The molecule has 0 atom stereocenters. The summed E-state index contributed by atoms with van der Waals surface area (Å²) in [6, 6.07) is 2.09. The summed E-state index contributed by atoms with van der Waals surface area (Å²) in [7, 11) is 0. The van der Waals surface area contributed by atoms with Gasteiger partial charge in [0.15, 0.2) is 15.6 Å². The van der Waals surface area contributed by atoms with Gasteiger partial charge >= 0.3 is 12.3 Å². The summed E-state index contributed by atoms with van der Waals surface area (Å²) < 4.78 is 37.5. The number of alkyl halides is 3. The van der Waals surface area contributed by atoms with E-state index in [4.69, 9.17) is 5.11 Å². The van der Waals surface area contributed by atoms with Gasteiger partial charge in [-0.05, 0) is 12.1 Å². The lowest BCUT2D eigenvalue weighted by atomic mass is 10.2. The number of nitrogens with zero attached hydrogens (tertiary/aromatic N) is 4. The Morgan fingerprint density at radius 3 is 2.52 bits per heavy atom.